The summed E-state index contributed by atoms with van der Waals surface area (Å²) < 4.78 is 0. The molecule has 1 fully saturated rings. The van der Waals surface area contributed by atoms with Gasteiger partial charge >= 0.3 is 0 Å². The second-order valence-corrected chi connectivity index (χ2v) is 7.94. The maximum Gasteiger partial charge on any atom is 0.282 e. The average Bonchev–Trinajstić information content (AvgIpc) is 3.04. The molecule has 4 rings (SSSR count). The zero-order valence-corrected chi connectivity index (χ0v) is 17.9. The molecule has 2 aromatic rings. The number of rotatable bonds is 6. The van der Waals surface area contributed by atoms with Crippen LogP contribution in [0.5, 0.6) is 0 Å². The Labute approximate surface area is 189 Å². The van der Waals surface area contributed by atoms with Crippen LogP contribution in [-0.4, -0.2) is 71.0 Å². The molecule has 166 valence electrons. The van der Waals surface area contributed by atoms with Gasteiger partial charge in [-0.2, -0.15) is 0 Å². The van der Waals surface area contributed by atoms with E-state index < -0.39 is 16.7 Å². The molecule has 0 atom stereocenters. The molecule has 0 aliphatic carbocycles. The first-order valence-electron chi connectivity index (χ1n) is 10.1. The van der Waals surface area contributed by atoms with Gasteiger partial charge in [-0.15, -0.1) is 0 Å². The van der Waals surface area contributed by atoms with Gasteiger partial charge in [-0.05, 0) is 35.9 Å². The van der Waals surface area contributed by atoms with E-state index in [0.29, 0.717) is 49.0 Å². The summed E-state index contributed by atoms with van der Waals surface area (Å²) in [6, 6.07) is 12.1. The number of hydrogen-bond acceptors (Lipinski definition) is 7. The molecule has 32 heavy (non-hydrogen) atoms. The second-order valence-electron chi connectivity index (χ2n) is 7.51. The summed E-state index contributed by atoms with van der Waals surface area (Å²) in [6.45, 7) is 2.88. The van der Waals surface area contributed by atoms with E-state index in [1.807, 2.05) is 4.90 Å². The number of piperazine rings is 1. The monoisotopic (exact) mass is 456 g/mol. The number of imide groups is 1. The lowest BCUT2D eigenvalue weighted by atomic mass is 10.0. The maximum absolute atomic E-state index is 13.5. The number of non-ortho nitro benzene ring substituents is 1. The highest BCUT2D eigenvalue weighted by Crippen LogP contribution is 2.36. The number of aliphatic hydroxyl groups is 1. The van der Waals surface area contributed by atoms with Crippen LogP contribution in [-0.2, 0) is 9.59 Å². The zero-order valence-electron chi connectivity index (χ0n) is 17.1. The lowest BCUT2D eigenvalue weighted by Crippen LogP contribution is -2.48. The lowest BCUT2D eigenvalue weighted by Gasteiger charge is -2.36. The van der Waals surface area contributed by atoms with Crippen molar-refractivity contribution in [2.24, 2.45) is 0 Å². The molecule has 1 saturated heterocycles. The minimum absolute atomic E-state index is 0.0523. The van der Waals surface area contributed by atoms with Crippen LogP contribution in [0.2, 0.25) is 5.02 Å². The molecular weight excluding hydrogens is 436 g/mol. The van der Waals surface area contributed by atoms with Crippen LogP contribution in [0, 0.1) is 10.1 Å². The summed E-state index contributed by atoms with van der Waals surface area (Å²) in [4.78, 5) is 42.5. The number of nitro groups is 1. The molecule has 2 aromatic carbocycles. The Morgan fingerprint density at radius 1 is 1.00 bits per heavy atom. The van der Waals surface area contributed by atoms with Crippen molar-refractivity contribution in [3.63, 3.8) is 0 Å². The third kappa shape index (κ3) is 4.10. The van der Waals surface area contributed by atoms with E-state index in [2.05, 4.69) is 4.90 Å². The molecule has 0 bridgehead atoms. The standard InChI is InChI=1S/C22H21ClN4O5/c23-16-2-1-3-18(14-16)26-21(29)19(15-4-6-17(7-5-15)27(31)32)20(22(26)30)25-10-8-24(9-11-25)12-13-28/h1-7,14,28H,8-13H2. The van der Waals surface area contributed by atoms with Crippen LogP contribution in [0.4, 0.5) is 11.4 Å². The summed E-state index contributed by atoms with van der Waals surface area (Å²) in [5.74, 6) is -0.958. The van der Waals surface area contributed by atoms with Crippen molar-refractivity contribution in [1.82, 2.24) is 9.80 Å². The molecule has 2 aliphatic rings. The highest BCUT2D eigenvalue weighted by Gasteiger charge is 2.43. The van der Waals surface area contributed by atoms with Gasteiger partial charge in [-0.25, -0.2) is 4.90 Å². The van der Waals surface area contributed by atoms with Crippen molar-refractivity contribution < 1.29 is 19.6 Å². The summed E-state index contributed by atoms with van der Waals surface area (Å²) in [7, 11) is 0. The first-order chi connectivity index (χ1) is 15.4. The number of nitro benzene ring substituents is 1. The molecule has 0 saturated carbocycles. The van der Waals surface area contributed by atoms with E-state index >= 15 is 0 Å². The third-order valence-electron chi connectivity index (χ3n) is 5.60. The SMILES string of the molecule is O=C1C(c2ccc([N+](=O)[O-])cc2)=C(N2CCN(CCO)CC2)C(=O)N1c1cccc(Cl)c1. The van der Waals surface area contributed by atoms with Gasteiger partial charge in [0.25, 0.3) is 17.5 Å². The predicted octanol–water partition coefficient (Wildman–Crippen LogP) is 2.14. The van der Waals surface area contributed by atoms with Gasteiger partial charge in [0.05, 0.1) is 22.8 Å². The number of carbonyl (C=O) groups excluding carboxylic acids is 2. The Morgan fingerprint density at radius 2 is 1.69 bits per heavy atom. The fraction of sp³-hybridized carbons (Fsp3) is 0.273. The van der Waals surface area contributed by atoms with Crippen molar-refractivity contribution in [3.8, 4) is 0 Å². The van der Waals surface area contributed by atoms with Gasteiger partial charge in [0.15, 0.2) is 0 Å². The molecule has 0 spiro atoms. The van der Waals surface area contributed by atoms with Gasteiger partial charge in [0, 0.05) is 49.9 Å². The van der Waals surface area contributed by atoms with Gasteiger partial charge in [-0.3, -0.25) is 24.6 Å². The number of aliphatic hydroxyl groups excluding tert-OH is 1. The van der Waals surface area contributed by atoms with Crippen LogP contribution < -0.4 is 4.90 Å². The highest BCUT2D eigenvalue weighted by atomic mass is 35.5. The molecule has 0 unspecified atom stereocenters. The predicted molar refractivity (Wildman–Crippen MR) is 119 cm³/mol. The fourth-order valence-corrected chi connectivity index (χ4v) is 4.19. The fourth-order valence-electron chi connectivity index (χ4n) is 4.01. The van der Waals surface area contributed by atoms with Gasteiger partial charge in [0.2, 0.25) is 0 Å². The Kier molecular flexibility index (Phi) is 6.22. The van der Waals surface area contributed by atoms with E-state index in [1.165, 1.54) is 24.3 Å². The number of carbonyl (C=O) groups is 2. The number of halogens is 1. The molecule has 10 heteroatoms. The number of anilines is 1. The van der Waals surface area contributed by atoms with Gasteiger partial charge in [-0.1, -0.05) is 17.7 Å². The van der Waals surface area contributed by atoms with Crippen molar-refractivity contribution in [3.05, 3.63) is 74.9 Å². The topological polar surface area (TPSA) is 107 Å². The molecule has 0 aromatic heterocycles. The molecule has 9 nitrogen and oxygen atoms in total. The average molecular weight is 457 g/mol. The Morgan fingerprint density at radius 3 is 2.28 bits per heavy atom. The Hall–Kier alpha value is -3.27. The summed E-state index contributed by atoms with van der Waals surface area (Å²) in [5.41, 5.74) is 1.18. The van der Waals surface area contributed by atoms with Crippen molar-refractivity contribution in [2.45, 2.75) is 0 Å². The van der Waals surface area contributed by atoms with Crippen molar-refractivity contribution >= 4 is 40.4 Å². The number of benzene rings is 2. The van der Waals surface area contributed by atoms with Crippen LogP contribution in [0.1, 0.15) is 5.56 Å². The third-order valence-corrected chi connectivity index (χ3v) is 5.83. The minimum atomic E-state index is -0.515. The maximum atomic E-state index is 13.5. The lowest BCUT2D eigenvalue weighted by molar-refractivity contribution is -0.384. The minimum Gasteiger partial charge on any atom is -0.395 e. The largest absolute Gasteiger partial charge is 0.395 e. The van der Waals surface area contributed by atoms with E-state index in [1.54, 1.807) is 24.3 Å². The molecule has 1 N–H and O–H groups in total. The molecule has 0 radical (unpaired) electrons. The highest BCUT2D eigenvalue weighted by molar-refractivity contribution is 6.45. The smallest absolute Gasteiger partial charge is 0.282 e. The summed E-state index contributed by atoms with van der Waals surface area (Å²) in [5, 5.41) is 20.6. The normalized spacial score (nSPS) is 17.4. The summed E-state index contributed by atoms with van der Waals surface area (Å²) >= 11 is 6.09. The number of β-amino-alcohol motifs (C(OH)–C–C–N with tert-alkyl or cyclic N) is 1. The first-order valence-corrected chi connectivity index (χ1v) is 10.5. The molecular formula is C22H21ClN4O5. The number of amides is 2. The molecule has 2 heterocycles. The van der Waals surface area contributed by atoms with Crippen molar-refractivity contribution in [2.75, 3.05) is 44.2 Å². The molecule has 2 aliphatic heterocycles. The Balaban J connectivity index is 1.75. The zero-order chi connectivity index (χ0) is 22.8. The van der Waals surface area contributed by atoms with E-state index in [9.17, 15) is 24.8 Å². The molecule has 2 amide bonds. The van der Waals surface area contributed by atoms with Crippen LogP contribution in [0.3, 0.4) is 0 Å². The van der Waals surface area contributed by atoms with Crippen molar-refractivity contribution in [1.29, 1.82) is 0 Å². The van der Waals surface area contributed by atoms with E-state index in [0.717, 1.165) is 4.90 Å². The first kappa shape index (κ1) is 21.9. The number of hydrogen-bond donors (Lipinski definition) is 1. The Bertz CT molecular complexity index is 1090. The quantitative estimate of drug-likeness (QED) is 0.403. The summed E-state index contributed by atoms with van der Waals surface area (Å²) in [6.07, 6.45) is 0. The van der Waals surface area contributed by atoms with Crippen LogP contribution >= 0.6 is 11.6 Å². The second kappa shape index (κ2) is 9.07. The van der Waals surface area contributed by atoms with E-state index in [-0.39, 0.29) is 23.6 Å². The number of nitrogens with zero attached hydrogens (tertiary/aromatic N) is 4. The van der Waals surface area contributed by atoms with Crippen LogP contribution in [0.15, 0.2) is 54.2 Å². The van der Waals surface area contributed by atoms with E-state index in [4.69, 9.17) is 11.6 Å². The van der Waals surface area contributed by atoms with Crippen LogP contribution in [0.25, 0.3) is 5.57 Å². The van der Waals surface area contributed by atoms with Gasteiger partial charge < -0.3 is 10.0 Å². The van der Waals surface area contributed by atoms with Gasteiger partial charge in [0.1, 0.15) is 5.70 Å².